The molecule has 0 fully saturated rings. The van der Waals surface area contributed by atoms with Gasteiger partial charge in [-0.15, -0.1) is 0 Å². The fourth-order valence-electron chi connectivity index (χ4n) is 1.43. The zero-order valence-corrected chi connectivity index (χ0v) is 11.2. The Balaban J connectivity index is 2.93. The quantitative estimate of drug-likeness (QED) is 0.869. The van der Waals surface area contributed by atoms with Crippen LogP contribution in [0, 0.1) is 5.41 Å². The summed E-state index contributed by atoms with van der Waals surface area (Å²) >= 11 is 0. The van der Waals surface area contributed by atoms with Gasteiger partial charge in [0.15, 0.2) is 0 Å². The molecule has 0 aliphatic rings. The molecule has 0 saturated carbocycles. The van der Waals surface area contributed by atoms with E-state index >= 15 is 0 Å². The van der Waals surface area contributed by atoms with Crippen LogP contribution in [0.25, 0.3) is 0 Å². The Hall–Kier alpha value is -1.07. The summed E-state index contributed by atoms with van der Waals surface area (Å²) in [4.78, 5) is 0. The van der Waals surface area contributed by atoms with E-state index in [1.54, 1.807) is 38.1 Å². The predicted octanol–water partition coefficient (Wildman–Crippen LogP) is 1.47. The van der Waals surface area contributed by atoms with Crippen molar-refractivity contribution >= 4 is 15.7 Å². The molecule has 1 aromatic rings. The summed E-state index contributed by atoms with van der Waals surface area (Å²) in [6.07, 6.45) is 0. The monoisotopic (exact) mass is 257 g/mol. The minimum Gasteiger partial charge on any atom is -0.396 e. The van der Waals surface area contributed by atoms with Crippen LogP contribution in [-0.4, -0.2) is 32.9 Å². The third-order valence-corrected chi connectivity index (χ3v) is 4.73. The molecule has 0 heterocycles. The molecule has 0 aromatic heterocycles. The Labute approximate surface area is 103 Å². The van der Waals surface area contributed by atoms with Crippen LogP contribution in [0.15, 0.2) is 30.3 Å². The summed E-state index contributed by atoms with van der Waals surface area (Å²) in [6.45, 7) is 3.29. The number of rotatable bonds is 5. The third-order valence-electron chi connectivity index (χ3n) is 2.54. The average molecular weight is 257 g/mol. The highest BCUT2D eigenvalue weighted by Crippen LogP contribution is 2.22. The summed E-state index contributed by atoms with van der Waals surface area (Å²) in [5.74, 6) is -0.0815. The number of hydrogen-bond acceptors (Lipinski definition) is 3. The van der Waals surface area contributed by atoms with Crippen LogP contribution >= 0.6 is 0 Å². The van der Waals surface area contributed by atoms with Crippen molar-refractivity contribution in [1.82, 2.24) is 0 Å². The molecule has 0 bridgehead atoms. The molecular formula is C12H19NO3S. The second kappa shape index (κ2) is 5.06. The SMILES string of the molecule is CN(c1ccccc1)S(=O)(=O)CC(C)(C)CO. The van der Waals surface area contributed by atoms with Gasteiger partial charge in [-0.3, -0.25) is 4.31 Å². The Kier molecular flexibility index (Phi) is 4.16. The van der Waals surface area contributed by atoms with Crippen molar-refractivity contribution in [3.63, 3.8) is 0 Å². The van der Waals surface area contributed by atoms with Crippen molar-refractivity contribution in [3.8, 4) is 0 Å². The van der Waals surface area contributed by atoms with Gasteiger partial charge >= 0.3 is 0 Å². The largest absolute Gasteiger partial charge is 0.396 e. The molecule has 1 rings (SSSR count). The van der Waals surface area contributed by atoms with Gasteiger partial charge in [-0.05, 0) is 12.1 Å². The van der Waals surface area contributed by atoms with Gasteiger partial charge < -0.3 is 5.11 Å². The molecule has 0 aliphatic heterocycles. The van der Waals surface area contributed by atoms with Gasteiger partial charge in [0.05, 0.1) is 11.4 Å². The van der Waals surface area contributed by atoms with Crippen LogP contribution in [0.1, 0.15) is 13.8 Å². The highest BCUT2D eigenvalue weighted by molar-refractivity contribution is 7.92. The normalized spacial score (nSPS) is 12.5. The van der Waals surface area contributed by atoms with Crippen LogP contribution in [0.5, 0.6) is 0 Å². The number of aliphatic hydroxyl groups excluding tert-OH is 1. The lowest BCUT2D eigenvalue weighted by molar-refractivity contribution is 0.179. The van der Waals surface area contributed by atoms with Gasteiger partial charge in [0.25, 0.3) is 0 Å². The Bertz CT molecular complexity index is 454. The van der Waals surface area contributed by atoms with E-state index in [0.717, 1.165) is 0 Å². The lowest BCUT2D eigenvalue weighted by Crippen LogP contribution is -2.36. The second-order valence-electron chi connectivity index (χ2n) is 4.88. The molecule has 17 heavy (non-hydrogen) atoms. The highest BCUT2D eigenvalue weighted by Gasteiger charge is 2.28. The molecule has 1 aromatic carbocycles. The van der Waals surface area contributed by atoms with E-state index in [1.807, 2.05) is 6.07 Å². The first-order valence-electron chi connectivity index (χ1n) is 5.41. The summed E-state index contributed by atoms with van der Waals surface area (Å²) in [5, 5.41) is 9.13. The molecule has 0 amide bonds. The number of benzene rings is 1. The van der Waals surface area contributed by atoms with Crippen LogP contribution in [-0.2, 0) is 10.0 Å². The van der Waals surface area contributed by atoms with Crippen molar-refractivity contribution in [3.05, 3.63) is 30.3 Å². The van der Waals surface area contributed by atoms with Gasteiger partial charge in [0.2, 0.25) is 10.0 Å². The van der Waals surface area contributed by atoms with Crippen LogP contribution < -0.4 is 4.31 Å². The fourth-order valence-corrected chi connectivity index (χ4v) is 3.15. The highest BCUT2D eigenvalue weighted by atomic mass is 32.2. The first-order valence-corrected chi connectivity index (χ1v) is 7.02. The van der Waals surface area contributed by atoms with Crippen LogP contribution in [0.2, 0.25) is 0 Å². The minimum absolute atomic E-state index is 0.0815. The molecule has 5 heteroatoms. The van der Waals surface area contributed by atoms with E-state index < -0.39 is 15.4 Å². The van der Waals surface area contributed by atoms with Gasteiger partial charge in [-0.2, -0.15) is 0 Å². The average Bonchev–Trinajstić information content (AvgIpc) is 2.28. The summed E-state index contributed by atoms with van der Waals surface area (Å²) in [6, 6.07) is 8.89. The molecule has 1 N–H and O–H groups in total. The number of nitrogens with zero attached hydrogens (tertiary/aromatic N) is 1. The molecule has 0 saturated heterocycles. The van der Waals surface area contributed by atoms with Crippen LogP contribution in [0.3, 0.4) is 0 Å². The standard InChI is InChI=1S/C12H19NO3S/c1-12(2,9-14)10-17(15,16)13(3)11-7-5-4-6-8-11/h4-8,14H,9-10H2,1-3H3. The lowest BCUT2D eigenvalue weighted by atomic mass is 9.98. The van der Waals surface area contributed by atoms with Crippen molar-refractivity contribution in [1.29, 1.82) is 0 Å². The van der Waals surface area contributed by atoms with Gasteiger partial charge in [-0.1, -0.05) is 32.0 Å². The van der Waals surface area contributed by atoms with E-state index in [0.29, 0.717) is 5.69 Å². The Morgan fingerprint density at radius 3 is 2.24 bits per heavy atom. The number of anilines is 1. The topological polar surface area (TPSA) is 57.6 Å². The molecule has 0 unspecified atom stereocenters. The number of sulfonamides is 1. The Morgan fingerprint density at radius 2 is 1.76 bits per heavy atom. The van der Waals surface area contributed by atoms with Crippen LogP contribution in [0.4, 0.5) is 5.69 Å². The molecule has 96 valence electrons. The smallest absolute Gasteiger partial charge is 0.235 e. The fraction of sp³-hybridized carbons (Fsp3) is 0.500. The lowest BCUT2D eigenvalue weighted by Gasteiger charge is -2.26. The zero-order chi connectivity index (χ0) is 13.1. The first kappa shape index (κ1) is 14.0. The molecule has 0 aliphatic carbocycles. The van der Waals surface area contributed by atoms with Crippen molar-refractivity contribution < 1.29 is 13.5 Å². The first-order chi connectivity index (χ1) is 7.78. The molecule has 0 spiro atoms. The predicted molar refractivity (Wildman–Crippen MR) is 69.5 cm³/mol. The van der Waals surface area contributed by atoms with Crippen molar-refractivity contribution in [2.75, 3.05) is 23.7 Å². The summed E-state index contributed by atoms with van der Waals surface area (Å²) < 4.78 is 25.5. The maximum atomic E-state index is 12.1. The molecule has 4 nitrogen and oxygen atoms in total. The van der Waals surface area contributed by atoms with E-state index in [-0.39, 0.29) is 12.4 Å². The summed E-state index contributed by atoms with van der Waals surface area (Å²) in [5.41, 5.74) is -0.0109. The van der Waals surface area contributed by atoms with Crippen molar-refractivity contribution in [2.45, 2.75) is 13.8 Å². The van der Waals surface area contributed by atoms with E-state index in [1.165, 1.54) is 11.4 Å². The maximum Gasteiger partial charge on any atom is 0.235 e. The maximum absolute atomic E-state index is 12.1. The van der Waals surface area contributed by atoms with Gasteiger partial charge in [0.1, 0.15) is 0 Å². The van der Waals surface area contributed by atoms with E-state index in [2.05, 4.69) is 0 Å². The number of hydrogen-bond donors (Lipinski definition) is 1. The zero-order valence-electron chi connectivity index (χ0n) is 10.4. The van der Waals surface area contributed by atoms with Gasteiger partial charge in [-0.25, -0.2) is 8.42 Å². The molecular weight excluding hydrogens is 238 g/mol. The van der Waals surface area contributed by atoms with Gasteiger partial charge in [0, 0.05) is 19.1 Å². The minimum atomic E-state index is -3.41. The third kappa shape index (κ3) is 3.71. The molecule has 0 atom stereocenters. The summed E-state index contributed by atoms with van der Waals surface area (Å²) in [7, 11) is -1.88. The number of para-hydroxylation sites is 1. The van der Waals surface area contributed by atoms with E-state index in [9.17, 15) is 8.42 Å². The van der Waals surface area contributed by atoms with E-state index in [4.69, 9.17) is 5.11 Å². The van der Waals surface area contributed by atoms with Crippen molar-refractivity contribution in [2.24, 2.45) is 5.41 Å². The second-order valence-corrected chi connectivity index (χ2v) is 6.88. The number of aliphatic hydroxyl groups is 1. The molecule has 0 radical (unpaired) electrons. The Morgan fingerprint density at radius 1 is 1.24 bits per heavy atom.